The number of nitrogens with zero attached hydrogens (tertiary/aromatic N) is 4. The van der Waals surface area contributed by atoms with Crippen molar-refractivity contribution in [2.75, 3.05) is 0 Å². The summed E-state index contributed by atoms with van der Waals surface area (Å²) >= 11 is 0. The number of benzene rings is 1. The van der Waals surface area contributed by atoms with E-state index in [9.17, 15) is 18.0 Å². The number of hydrogen-bond donors (Lipinski definition) is 2. The van der Waals surface area contributed by atoms with Crippen molar-refractivity contribution in [1.29, 1.82) is 0 Å². The van der Waals surface area contributed by atoms with E-state index < -0.39 is 17.5 Å². The lowest BCUT2D eigenvalue weighted by Gasteiger charge is -2.10. The molecule has 2 N–H and O–H groups in total. The molecule has 0 amide bonds. The number of H-pyrrole nitrogens is 2. The smallest absolute Gasteiger partial charge is 0.343 e. The second-order valence-electron chi connectivity index (χ2n) is 5.52. The molecule has 0 unspecified atom stereocenters. The van der Waals surface area contributed by atoms with E-state index in [0.29, 0.717) is 6.42 Å². The molecule has 4 rings (SSSR count). The van der Waals surface area contributed by atoms with Gasteiger partial charge in [0.1, 0.15) is 17.0 Å². The number of imidazole rings is 2. The first-order valence-corrected chi connectivity index (χ1v) is 7.56. The van der Waals surface area contributed by atoms with Gasteiger partial charge in [-0.3, -0.25) is 4.98 Å². The molecule has 0 fully saturated rings. The lowest BCUT2D eigenvalue weighted by molar-refractivity contribution is -0.203. The van der Waals surface area contributed by atoms with Crippen LogP contribution in [0.1, 0.15) is 11.4 Å². The summed E-state index contributed by atoms with van der Waals surface area (Å²) in [5.74, 6) is 0.384. The number of rotatable bonds is 3. The van der Waals surface area contributed by atoms with Crippen LogP contribution in [0.2, 0.25) is 0 Å². The highest BCUT2D eigenvalue weighted by Gasteiger charge is 2.37. The van der Waals surface area contributed by atoms with Gasteiger partial charge in [0.2, 0.25) is 0 Å². The van der Waals surface area contributed by atoms with Gasteiger partial charge in [0, 0.05) is 18.8 Å². The Kier molecular flexibility index (Phi) is 3.60. The number of halogens is 3. The third-order valence-electron chi connectivity index (χ3n) is 3.76. The van der Waals surface area contributed by atoms with E-state index in [1.165, 1.54) is 12.4 Å². The van der Waals surface area contributed by atoms with E-state index in [-0.39, 0.29) is 27.6 Å². The van der Waals surface area contributed by atoms with Crippen LogP contribution in [-0.2, 0) is 12.7 Å². The van der Waals surface area contributed by atoms with E-state index in [0.717, 1.165) is 5.56 Å². The second kappa shape index (κ2) is 5.83. The van der Waals surface area contributed by atoms with Gasteiger partial charge in [-0.25, -0.2) is 19.7 Å². The summed E-state index contributed by atoms with van der Waals surface area (Å²) in [6.07, 6.45) is -1.77. The Morgan fingerprint density at radius 3 is 2.54 bits per heavy atom. The lowest BCUT2D eigenvalue weighted by atomic mass is 10.1. The summed E-state index contributed by atoms with van der Waals surface area (Å²) in [6, 6.07) is 9.23. The monoisotopic (exact) mass is 360 g/mol. The van der Waals surface area contributed by atoms with Gasteiger partial charge < -0.3 is 4.98 Å². The summed E-state index contributed by atoms with van der Waals surface area (Å²) in [4.78, 5) is 29.1. The highest BCUT2D eigenvalue weighted by atomic mass is 19.4. The minimum Gasteiger partial charge on any atom is -0.343 e. The standard InChI is InChI=1S/C16H11F3N6O/c17-16(18,19)25-12-11(13-20-6-7-21-13)22-10(23-14(12)24-15(25)26)8-9-4-2-1-3-5-9/h1-7H,8H2,(H,20,21)(H,22,23,24,26). The maximum atomic E-state index is 13.3. The van der Waals surface area contributed by atoms with Crippen molar-refractivity contribution in [3.8, 4) is 11.5 Å². The molecule has 10 heteroatoms. The van der Waals surface area contributed by atoms with Gasteiger partial charge in [-0.05, 0) is 5.56 Å². The minimum absolute atomic E-state index is 0.0957. The Labute approximate surface area is 143 Å². The number of alkyl halides is 3. The van der Waals surface area contributed by atoms with Gasteiger partial charge in [0.15, 0.2) is 11.5 Å². The van der Waals surface area contributed by atoms with E-state index in [4.69, 9.17) is 0 Å². The molecule has 0 saturated heterocycles. The van der Waals surface area contributed by atoms with Crippen LogP contribution in [0.25, 0.3) is 22.7 Å². The van der Waals surface area contributed by atoms with E-state index in [1.807, 2.05) is 30.3 Å². The topological polar surface area (TPSA) is 92.2 Å². The SMILES string of the molecule is O=c1[nH]c2nc(Cc3ccccc3)nc(-c3ncc[nH]3)c2n1C(F)(F)F. The molecule has 4 aromatic rings. The number of hydrogen-bond acceptors (Lipinski definition) is 4. The molecule has 132 valence electrons. The molecule has 7 nitrogen and oxygen atoms in total. The summed E-state index contributed by atoms with van der Waals surface area (Å²) in [7, 11) is 0. The van der Waals surface area contributed by atoms with E-state index in [2.05, 4.69) is 24.9 Å². The maximum Gasteiger partial charge on any atom is 0.493 e. The van der Waals surface area contributed by atoms with Crippen molar-refractivity contribution in [3.05, 3.63) is 64.6 Å². The first-order valence-electron chi connectivity index (χ1n) is 7.56. The average molecular weight is 360 g/mol. The van der Waals surface area contributed by atoms with Crippen molar-refractivity contribution in [1.82, 2.24) is 29.5 Å². The van der Waals surface area contributed by atoms with Crippen LogP contribution >= 0.6 is 0 Å². The van der Waals surface area contributed by atoms with Gasteiger partial charge in [0.25, 0.3) is 0 Å². The van der Waals surface area contributed by atoms with Crippen LogP contribution in [-0.4, -0.2) is 29.5 Å². The first kappa shape index (κ1) is 16.1. The fourth-order valence-corrected chi connectivity index (χ4v) is 2.72. The predicted molar refractivity (Wildman–Crippen MR) is 86.3 cm³/mol. The van der Waals surface area contributed by atoms with Gasteiger partial charge in [-0.2, -0.15) is 4.57 Å². The zero-order valence-corrected chi connectivity index (χ0v) is 13.1. The lowest BCUT2D eigenvalue weighted by Crippen LogP contribution is -2.28. The summed E-state index contributed by atoms with van der Waals surface area (Å²) in [5.41, 5.74) is -1.20. The van der Waals surface area contributed by atoms with Crippen molar-refractivity contribution >= 4 is 11.2 Å². The van der Waals surface area contributed by atoms with Crippen molar-refractivity contribution in [3.63, 3.8) is 0 Å². The number of aromatic amines is 2. The fraction of sp³-hybridized carbons (Fsp3) is 0.125. The number of nitrogens with one attached hydrogen (secondary N) is 2. The molecule has 0 spiro atoms. The van der Waals surface area contributed by atoms with Gasteiger partial charge >= 0.3 is 12.0 Å². The quantitative estimate of drug-likeness (QED) is 0.587. The highest BCUT2D eigenvalue weighted by molar-refractivity contribution is 5.85. The van der Waals surface area contributed by atoms with Crippen LogP contribution in [0.4, 0.5) is 13.2 Å². The molecule has 0 radical (unpaired) electrons. The molecule has 0 atom stereocenters. The maximum absolute atomic E-state index is 13.3. The molecule has 26 heavy (non-hydrogen) atoms. The van der Waals surface area contributed by atoms with Crippen LogP contribution in [0, 0.1) is 0 Å². The molecule has 0 aliphatic carbocycles. The van der Waals surface area contributed by atoms with E-state index >= 15 is 0 Å². The summed E-state index contributed by atoms with van der Waals surface area (Å²) in [5, 5.41) is 0. The molecule has 0 saturated carbocycles. The molecule has 0 bridgehead atoms. The molecular weight excluding hydrogens is 349 g/mol. The molecular formula is C16H11F3N6O. The molecule has 3 heterocycles. The zero-order valence-electron chi connectivity index (χ0n) is 13.1. The second-order valence-corrected chi connectivity index (χ2v) is 5.52. The highest BCUT2D eigenvalue weighted by Crippen LogP contribution is 2.29. The molecule has 1 aromatic carbocycles. The summed E-state index contributed by atoms with van der Waals surface area (Å²) < 4.78 is 39.7. The average Bonchev–Trinajstić information content (AvgIpc) is 3.21. The van der Waals surface area contributed by atoms with Gasteiger partial charge in [0.05, 0.1) is 0 Å². The Morgan fingerprint density at radius 1 is 1.12 bits per heavy atom. The van der Waals surface area contributed by atoms with Crippen molar-refractivity contribution in [2.45, 2.75) is 12.7 Å². The molecule has 0 aliphatic heterocycles. The first-order chi connectivity index (χ1) is 12.4. The Morgan fingerprint density at radius 2 is 1.88 bits per heavy atom. The predicted octanol–water partition coefficient (Wildman–Crippen LogP) is 2.58. The van der Waals surface area contributed by atoms with Crippen LogP contribution in [0.15, 0.2) is 47.5 Å². The van der Waals surface area contributed by atoms with Crippen molar-refractivity contribution < 1.29 is 13.2 Å². The van der Waals surface area contributed by atoms with Crippen molar-refractivity contribution in [2.24, 2.45) is 0 Å². The van der Waals surface area contributed by atoms with Crippen LogP contribution < -0.4 is 5.69 Å². The summed E-state index contributed by atoms with van der Waals surface area (Å²) in [6.45, 7) is 0. The molecule has 3 aromatic heterocycles. The zero-order chi connectivity index (χ0) is 18.3. The minimum atomic E-state index is -4.92. The largest absolute Gasteiger partial charge is 0.493 e. The van der Waals surface area contributed by atoms with Gasteiger partial charge in [-0.15, -0.1) is 13.2 Å². The fourth-order valence-electron chi connectivity index (χ4n) is 2.72. The van der Waals surface area contributed by atoms with Crippen LogP contribution in [0.5, 0.6) is 0 Å². The number of aromatic nitrogens is 6. The van der Waals surface area contributed by atoms with Crippen LogP contribution in [0.3, 0.4) is 0 Å². The third kappa shape index (κ3) is 2.75. The van der Waals surface area contributed by atoms with Gasteiger partial charge in [-0.1, -0.05) is 30.3 Å². The number of fused-ring (bicyclic) bond motifs is 1. The normalized spacial score (nSPS) is 12.0. The molecule has 0 aliphatic rings. The van der Waals surface area contributed by atoms with E-state index in [1.54, 1.807) is 0 Å². The Balaban J connectivity index is 1.97. The third-order valence-corrected chi connectivity index (χ3v) is 3.76. The Bertz CT molecular complexity index is 1110. The Hall–Kier alpha value is -3.43.